The summed E-state index contributed by atoms with van der Waals surface area (Å²) in [6.07, 6.45) is 4.92. The SMILES string of the molecule is CC(OC(=O)Nc1ccc(O)c(C(=O)O)c1)C1CCCCC1. The number of anilines is 1. The van der Waals surface area contributed by atoms with Crippen molar-refractivity contribution in [2.45, 2.75) is 45.1 Å². The summed E-state index contributed by atoms with van der Waals surface area (Å²) in [6.45, 7) is 1.88. The molecule has 0 radical (unpaired) electrons. The Morgan fingerprint density at radius 1 is 1.27 bits per heavy atom. The smallest absolute Gasteiger partial charge is 0.411 e. The summed E-state index contributed by atoms with van der Waals surface area (Å²) in [4.78, 5) is 22.8. The summed E-state index contributed by atoms with van der Waals surface area (Å²) in [5, 5.41) is 20.9. The number of hydrogen-bond acceptors (Lipinski definition) is 4. The Labute approximate surface area is 129 Å². The molecule has 6 nitrogen and oxygen atoms in total. The molecule has 0 aliphatic heterocycles. The third kappa shape index (κ3) is 4.13. The van der Waals surface area contributed by atoms with Crippen molar-refractivity contribution in [1.29, 1.82) is 0 Å². The van der Waals surface area contributed by atoms with Gasteiger partial charge in [-0.15, -0.1) is 0 Å². The van der Waals surface area contributed by atoms with Crippen molar-refractivity contribution >= 4 is 17.7 Å². The molecular weight excluding hydrogens is 286 g/mol. The Hall–Kier alpha value is -2.24. The van der Waals surface area contributed by atoms with Gasteiger partial charge in [0, 0.05) is 5.69 Å². The van der Waals surface area contributed by atoms with Gasteiger partial charge in [0.05, 0.1) is 0 Å². The Morgan fingerprint density at radius 3 is 2.59 bits per heavy atom. The van der Waals surface area contributed by atoms with Crippen molar-refractivity contribution in [3.8, 4) is 5.75 Å². The van der Waals surface area contributed by atoms with Crippen LogP contribution < -0.4 is 5.32 Å². The van der Waals surface area contributed by atoms with Crippen LogP contribution in [0.3, 0.4) is 0 Å². The molecule has 0 aromatic heterocycles. The zero-order valence-corrected chi connectivity index (χ0v) is 12.5. The summed E-state index contributed by atoms with van der Waals surface area (Å²) in [6, 6.07) is 3.85. The van der Waals surface area contributed by atoms with Gasteiger partial charge in [-0.1, -0.05) is 19.3 Å². The van der Waals surface area contributed by atoms with E-state index in [1.54, 1.807) is 0 Å². The molecule has 0 heterocycles. The zero-order valence-electron chi connectivity index (χ0n) is 12.5. The third-order valence-corrected chi connectivity index (χ3v) is 4.08. The van der Waals surface area contributed by atoms with Crippen LogP contribution in [0.25, 0.3) is 0 Å². The number of benzene rings is 1. The highest BCUT2D eigenvalue weighted by molar-refractivity contribution is 5.93. The van der Waals surface area contributed by atoms with Gasteiger partial charge in [-0.2, -0.15) is 0 Å². The third-order valence-electron chi connectivity index (χ3n) is 4.08. The molecule has 3 N–H and O–H groups in total. The van der Waals surface area contributed by atoms with Crippen LogP contribution in [0, 0.1) is 5.92 Å². The lowest BCUT2D eigenvalue weighted by atomic mass is 9.86. The van der Waals surface area contributed by atoms with Crippen molar-refractivity contribution < 1.29 is 24.5 Å². The number of ether oxygens (including phenoxy) is 1. The highest BCUT2D eigenvalue weighted by Crippen LogP contribution is 2.28. The maximum Gasteiger partial charge on any atom is 0.411 e. The summed E-state index contributed by atoms with van der Waals surface area (Å²) in [5.74, 6) is -1.22. The number of carbonyl (C=O) groups is 2. The fraction of sp³-hybridized carbons (Fsp3) is 0.500. The molecule has 1 aromatic rings. The average Bonchev–Trinajstić information content (AvgIpc) is 2.49. The maximum absolute atomic E-state index is 11.9. The lowest BCUT2D eigenvalue weighted by Crippen LogP contribution is -2.28. The lowest BCUT2D eigenvalue weighted by Gasteiger charge is -2.27. The molecule has 1 fully saturated rings. The average molecular weight is 307 g/mol. The van der Waals surface area contributed by atoms with Crippen molar-refractivity contribution in [2.24, 2.45) is 5.92 Å². The van der Waals surface area contributed by atoms with Gasteiger partial charge in [-0.25, -0.2) is 9.59 Å². The number of amides is 1. The number of carboxylic acid groups (broad SMARTS) is 1. The molecule has 1 saturated carbocycles. The minimum atomic E-state index is -1.26. The molecule has 1 aromatic carbocycles. The van der Waals surface area contributed by atoms with Gasteiger partial charge in [0.25, 0.3) is 0 Å². The van der Waals surface area contributed by atoms with Gasteiger partial charge < -0.3 is 14.9 Å². The van der Waals surface area contributed by atoms with Crippen molar-refractivity contribution in [3.05, 3.63) is 23.8 Å². The molecular formula is C16H21NO5. The highest BCUT2D eigenvalue weighted by atomic mass is 16.6. The highest BCUT2D eigenvalue weighted by Gasteiger charge is 2.23. The molecule has 120 valence electrons. The monoisotopic (exact) mass is 307 g/mol. The van der Waals surface area contributed by atoms with Gasteiger partial charge in [0.15, 0.2) is 0 Å². The van der Waals surface area contributed by atoms with E-state index in [1.807, 2.05) is 6.92 Å². The van der Waals surface area contributed by atoms with E-state index in [9.17, 15) is 14.7 Å². The number of carbonyl (C=O) groups excluding carboxylic acids is 1. The molecule has 1 aliphatic carbocycles. The number of phenols is 1. The predicted octanol–water partition coefficient (Wildman–Crippen LogP) is 3.61. The minimum Gasteiger partial charge on any atom is -0.507 e. The van der Waals surface area contributed by atoms with Gasteiger partial charge in [0.2, 0.25) is 0 Å². The summed E-state index contributed by atoms with van der Waals surface area (Å²) < 4.78 is 5.36. The number of nitrogens with one attached hydrogen (secondary N) is 1. The Balaban J connectivity index is 1.94. The van der Waals surface area contributed by atoms with E-state index in [0.717, 1.165) is 12.8 Å². The second-order valence-electron chi connectivity index (χ2n) is 5.67. The second-order valence-corrected chi connectivity index (χ2v) is 5.67. The maximum atomic E-state index is 11.9. The molecule has 0 spiro atoms. The van der Waals surface area contributed by atoms with Crippen molar-refractivity contribution in [1.82, 2.24) is 0 Å². The Bertz CT molecular complexity index is 551. The number of rotatable bonds is 4. The quantitative estimate of drug-likeness (QED) is 0.738. The second kappa shape index (κ2) is 7.15. The number of aromatic hydroxyl groups is 1. The summed E-state index contributed by atoms with van der Waals surface area (Å²) >= 11 is 0. The molecule has 6 heteroatoms. The predicted molar refractivity (Wildman–Crippen MR) is 81.2 cm³/mol. The molecule has 0 bridgehead atoms. The van der Waals surface area contributed by atoms with E-state index >= 15 is 0 Å². The Morgan fingerprint density at radius 2 is 1.95 bits per heavy atom. The van der Waals surface area contributed by atoms with Crippen LogP contribution in [-0.2, 0) is 4.74 Å². The standard InChI is InChI=1S/C16H21NO5/c1-10(11-5-3-2-4-6-11)22-16(21)17-12-7-8-14(18)13(9-12)15(19)20/h7-11,18H,2-6H2,1H3,(H,17,21)(H,19,20). The zero-order chi connectivity index (χ0) is 16.1. The van der Waals surface area contributed by atoms with E-state index < -0.39 is 12.1 Å². The molecule has 1 atom stereocenters. The van der Waals surface area contributed by atoms with Crippen LogP contribution in [0.4, 0.5) is 10.5 Å². The van der Waals surface area contributed by atoms with Gasteiger partial charge in [-0.3, -0.25) is 5.32 Å². The van der Waals surface area contributed by atoms with E-state index in [1.165, 1.54) is 37.5 Å². The lowest BCUT2D eigenvalue weighted by molar-refractivity contribution is 0.0681. The molecule has 22 heavy (non-hydrogen) atoms. The first kappa shape index (κ1) is 16.1. The van der Waals surface area contributed by atoms with Crippen molar-refractivity contribution in [2.75, 3.05) is 5.32 Å². The molecule has 2 rings (SSSR count). The van der Waals surface area contributed by atoms with E-state index in [2.05, 4.69) is 5.32 Å². The summed E-state index contributed by atoms with van der Waals surface area (Å²) in [7, 11) is 0. The molecule has 1 amide bonds. The summed E-state index contributed by atoms with van der Waals surface area (Å²) in [5.41, 5.74) is 0.00849. The van der Waals surface area contributed by atoms with Crippen molar-refractivity contribution in [3.63, 3.8) is 0 Å². The molecule has 1 aliphatic rings. The van der Waals surface area contributed by atoms with Crippen LogP contribution in [0.15, 0.2) is 18.2 Å². The van der Waals surface area contributed by atoms with Gasteiger partial charge >= 0.3 is 12.1 Å². The molecule has 1 unspecified atom stereocenters. The first-order valence-electron chi connectivity index (χ1n) is 7.51. The normalized spacial score (nSPS) is 16.8. The van der Waals surface area contributed by atoms with Crippen LogP contribution in [0.2, 0.25) is 0 Å². The number of hydrogen-bond donors (Lipinski definition) is 3. The first-order valence-corrected chi connectivity index (χ1v) is 7.51. The number of carboxylic acids is 1. The number of aromatic carboxylic acids is 1. The fourth-order valence-corrected chi connectivity index (χ4v) is 2.80. The Kier molecular flexibility index (Phi) is 5.25. The topological polar surface area (TPSA) is 95.9 Å². The van der Waals surface area contributed by atoms with Crippen LogP contribution in [0.1, 0.15) is 49.4 Å². The van der Waals surface area contributed by atoms with Crippen LogP contribution >= 0.6 is 0 Å². The van der Waals surface area contributed by atoms with Gasteiger partial charge in [0.1, 0.15) is 17.4 Å². The fourth-order valence-electron chi connectivity index (χ4n) is 2.80. The first-order chi connectivity index (χ1) is 10.5. The molecule has 0 saturated heterocycles. The van der Waals surface area contributed by atoms with E-state index in [-0.39, 0.29) is 23.1 Å². The largest absolute Gasteiger partial charge is 0.507 e. The van der Waals surface area contributed by atoms with Crippen LogP contribution in [0.5, 0.6) is 5.75 Å². The van der Waals surface area contributed by atoms with Crippen LogP contribution in [-0.4, -0.2) is 28.4 Å². The van der Waals surface area contributed by atoms with E-state index in [0.29, 0.717) is 5.92 Å². The van der Waals surface area contributed by atoms with E-state index in [4.69, 9.17) is 9.84 Å². The minimum absolute atomic E-state index is 0.170. The van der Waals surface area contributed by atoms with Gasteiger partial charge in [-0.05, 0) is 43.9 Å².